The smallest absolute Gasteiger partial charge is 0.355 e. The van der Waals surface area contributed by atoms with Crippen molar-refractivity contribution in [1.29, 1.82) is 0 Å². The number of amides is 1. The highest BCUT2D eigenvalue weighted by Crippen LogP contribution is 2.24. The Hall–Kier alpha value is -3.45. The number of benzene rings is 2. The summed E-state index contributed by atoms with van der Waals surface area (Å²) in [7, 11) is 0. The van der Waals surface area contributed by atoms with Gasteiger partial charge < -0.3 is 15.0 Å². The number of aromatic amines is 1. The number of rotatable bonds is 6. The number of hydrogen-bond donors (Lipinski definition) is 2. The van der Waals surface area contributed by atoms with Crippen LogP contribution in [0.15, 0.2) is 66.9 Å². The second-order valence-electron chi connectivity index (χ2n) is 6.57. The van der Waals surface area contributed by atoms with Crippen LogP contribution < -0.4 is 5.32 Å². The third-order valence-electron chi connectivity index (χ3n) is 4.39. The minimum atomic E-state index is -0.909. The topological polar surface area (TPSA) is 84.1 Å². The molecule has 0 saturated carbocycles. The Balaban J connectivity index is 1.34. The summed E-state index contributed by atoms with van der Waals surface area (Å²) in [5.74, 6) is -0.951. The number of aromatic nitrogens is 2. The van der Waals surface area contributed by atoms with Crippen molar-refractivity contribution < 1.29 is 14.3 Å². The van der Waals surface area contributed by atoms with Crippen LogP contribution in [0.3, 0.4) is 0 Å². The number of carbonyl (C=O) groups excluding carboxylic acids is 2. The molecule has 1 amide bonds. The Kier molecular flexibility index (Phi) is 5.39. The first-order valence-electron chi connectivity index (χ1n) is 9.17. The third-order valence-corrected chi connectivity index (χ3v) is 5.42. The molecule has 6 nitrogen and oxygen atoms in total. The van der Waals surface area contributed by atoms with Crippen molar-refractivity contribution >= 4 is 39.1 Å². The van der Waals surface area contributed by atoms with Gasteiger partial charge in [-0.2, -0.15) is 0 Å². The molecule has 4 rings (SSSR count). The van der Waals surface area contributed by atoms with Crippen LogP contribution in [0, 0.1) is 0 Å². The van der Waals surface area contributed by atoms with E-state index >= 15 is 0 Å². The van der Waals surface area contributed by atoms with Crippen molar-refractivity contribution in [3.05, 3.63) is 83.1 Å². The number of esters is 1. The molecular formula is C22H19N3O3S. The average molecular weight is 405 g/mol. The molecule has 7 heteroatoms. The molecular weight excluding hydrogens is 386 g/mol. The molecule has 0 fully saturated rings. The van der Waals surface area contributed by atoms with Gasteiger partial charge in [-0.3, -0.25) is 4.79 Å². The van der Waals surface area contributed by atoms with Gasteiger partial charge in [0.25, 0.3) is 5.91 Å². The molecule has 29 heavy (non-hydrogen) atoms. The van der Waals surface area contributed by atoms with Crippen molar-refractivity contribution in [2.45, 2.75) is 19.4 Å². The number of hydrogen-bond acceptors (Lipinski definition) is 5. The van der Waals surface area contributed by atoms with E-state index in [1.165, 1.54) is 11.6 Å². The van der Waals surface area contributed by atoms with Gasteiger partial charge in [0.05, 0.1) is 15.2 Å². The lowest BCUT2D eigenvalue weighted by Gasteiger charge is -2.13. The molecule has 0 aliphatic heterocycles. The zero-order valence-electron chi connectivity index (χ0n) is 15.7. The molecule has 2 N–H and O–H groups in total. The predicted octanol–water partition coefficient (Wildman–Crippen LogP) is 4.40. The van der Waals surface area contributed by atoms with Crippen LogP contribution >= 0.6 is 11.3 Å². The standard InChI is InChI=1S/C22H19N3O3S/c1-14(28-22(27)18-6-4-12-23-18)21(26)24-16-10-8-15(9-11-16)13-20-25-17-5-2-3-7-19(17)29-20/h2-12,14,23H,13H2,1H3,(H,24,26)/t14-/m0/s1. The number of thiazole rings is 1. The van der Waals surface area contributed by atoms with Gasteiger partial charge in [-0.05, 0) is 48.9 Å². The first-order chi connectivity index (χ1) is 14.1. The van der Waals surface area contributed by atoms with E-state index < -0.39 is 12.1 Å². The third kappa shape index (κ3) is 4.52. The molecule has 146 valence electrons. The zero-order chi connectivity index (χ0) is 20.2. The summed E-state index contributed by atoms with van der Waals surface area (Å²) < 4.78 is 6.35. The van der Waals surface area contributed by atoms with Gasteiger partial charge >= 0.3 is 5.97 Å². The Morgan fingerprint density at radius 3 is 2.62 bits per heavy atom. The summed E-state index contributed by atoms with van der Waals surface area (Å²) in [6.45, 7) is 1.54. The van der Waals surface area contributed by atoms with Gasteiger partial charge in [-0.15, -0.1) is 11.3 Å². The molecule has 0 saturated heterocycles. The maximum absolute atomic E-state index is 12.3. The van der Waals surface area contributed by atoms with Crippen molar-refractivity contribution in [2.75, 3.05) is 5.32 Å². The van der Waals surface area contributed by atoms with E-state index in [4.69, 9.17) is 4.74 Å². The van der Waals surface area contributed by atoms with Gasteiger partial charge in [0.1, 0.15) is 5.69 Å². The lowest BCUT2D eigenvalue weighted by Crippen LogP contribution is -2.30. The Labute approximate surface area is 171 Å². The fourth-order valence-electron chi connectivity index (χ4n) is 2.85. The highest BCUT2D eigenvalue weighted by molar-refractivity contribution is 7.18. The van der Waals surface area contributed by atoms with Gasteiger partial charge in [0.2, 0.25) is 0 Å². The summed E-state index contributed by atoms with van der Waals surface area (Å²) >= 11 is 1.68. The number of fused-ring (bicyclic) bond motifs is 1. The van der Waals surface area contributed by atoms with Gasteiger partial charge in [-0.1, -0.05) is 24.3 Å². The molecule has 0 aliphatic carbocycles. The van der Waals surface area contributed by atoms with Crippen LogP contribution in [0.5, 0.6) is 0 Å². The molecule has 0 radical (unpaired) electrons. The number of H-pyrrole nitrogens is 1. The monoisotopic (exact) mass is 405 g/mol. The Morgan fingerprint density at radius 1 is 1.10 bits per heavy atom. The molecule has 0 spiro atoms. The first-order valence-corrected chi connectivity index (χ1v) is 9.99. The minimum Gasteiger partial charge on any atom is -0.448 e. The maximum atomic E-state index is 12.3. The van der Waals surface area contributed by atoms with Crippen molar-refractivity contribution in [3.8, 4) is 0 Å². The largest absolute Gasteiger partial charge is 0.448 e. The van der Waals surface area contributed by atoms with Crippen molar-refractivity contribution in [2.24, 2.45) is 0 Å². The normalized spacial score (nSPS) is 11.9. The molecule has 2 heterocycles. The van der Waals surface area contributed by atoms with Crippen molar-refractivity contribution in [1.82, 2.24) is 9.97 Å². The van der Waals surface area contributed by atoms with Crippen molar-refractivity contribution in [3.63, 3.8) is 0 Å². The van der Waals surface area contributed by atoms with E-state index in [0.717, 1.165) is 22.5 Å². The van der Waals surface area contributed by atoms with Crippen LogP contribution in [0.25, 0.3) is 10.2 Å². The first kappa shape index (κ1) is 18.9. The van der Waals surface area contributed by atoms with Gasteiger partial charge in [0.15, 0.2) is 6.10 Å². The van der Waals surface area contributed by atoms with Gasteiger partial charge in [-0.25, -0.2) is 9.78 Å². The molecule has 0 unspecified atom stereocenters. The van der Waals surface area contributed by atoms with E-state index in [0.29, 0.717) is 11.4 Å². The summed E-state index contributed by atoms with van der Waals surface area (Å²) in [4.78, 5) is 31.6. The van der Waals surface area contributed by atoms with E-state index in [9.17, 15) is 9.59 Å². The predicted molar refractivity (Wildman–Crippen MR) is 113 cm³/mol. The summed E-state index contributed by atoms with van der Waals surface area (Å²) in [5, 5.41) is 3.81. The van der Waals surface area contributed by atoms with E-state index in [-0.39, 0.29) is 5.91 Å². The average Bonchev–Trinajstić information content (AvgIpc) is 3.39. The number of ether oxygens (including phenoxy) is 1. The lowest BCUT2D eigenvalue weighted by molar-refractivity contribution is -0.123. The SMILES string of the molecule is C[C@H](OC(=O)c1ccc[nH]1)C(=O)Nc1ccc(Cc2nc3ccccc3s2)cc1. The van der Waals surface area contributed by atoms with Crippen LogP contribution in [-0.4, -0.2) is 27.9 Å². The molecule has 2 aromatic carbocycles. The molecule has 2 aromatic heterocycles. The Bertz CT molecular complexity index is 1100. The second-order valence-corrected chi connectivity index (χ2v) is 7.68. The summed E-state index contributed by atoms with van der Waals surface area (Å²) in [5.41, 5.74) is 3.07. The summed E-state index contributed by atoms with van der Waals surface area (Å²) in [6, 6.07) is 18.9. The van der Waals surface area contributed by atoms with Gasteiger partial charge in [0, 0.05) is 18.3 Å². The van der Waals surface area contributed by atoms with Crippen LogP contribution in [0.1, 0.15) is 28.0 Å². The second kappa shape index (κ2) is 8.28. The van der Waals surface area contributed by atoms with E-state index in [1.807, 2.05) is 42.5 Å². The maximum Gasteiger partial charge on any atom is 0.355 e. The highest BCUT2D eigenvalue weighted by Gasteiger charge is 2.19. The number of nitrogens with zero attached hydrogens (tertiary/aromatic N) is 1. The molecule has 4 aromatic rings. The summed E-state index contributed by atoms with van der Waals surface area (Å²) in [6.07, 6.45) is 1.45. The fourth-order valence-corrected chi connectivity index (χ4v) is 3.86. The van der Waals surface area contributed by atoms with Crippen LogP contribution in [0.4, 0.5) is 5.69 Å². The minimum absolute atomic E-state index is 0.309. The molecule has 0 aliphatic rings. The molecule has 1 atom stereocenters. The quantitative estimate of drug-likeness (QED) is 0.466. The number of carbonyl (C=O) groups is 2. The fraction of sp³-hybridized carbons (Fsp3) is 0.136. The van der Waals surface area contributed by atoms with E-state index in [1.54, 1.807) is 29.7 Å². The lowest BCUT2D eigenvalue weighted by atomic mass is 10.1. The zero-order valence-corrected chi connectivity index (χ0v) is 16.5. The Morgan fingerprint density at radius 2 is 1.90 bits per heavy atom. The molecule has 0 bridgehead atoms. The van der Waals surface area contributed by atoms with Crippen LogP contribution in [-0.2, 0) is 16.0 Å². The number of nitrogens with one attached hydrogen (secondary N) is 2. The highest BCUT2D eigenvalue weighted by atomic mass is 32.1. The number of anilines is 1. The van der Waals surface area contributed by atoms with E-state index in [2.05, 4.69) is 21.4 Å². The number of para-hydroxylation sites is 1. The van der Waals surface area contributed by atoms with Crippen LogP contribution in [0.2, 0.25) is 0 Å².